The molecule has 1 heterocycles. The van der Waals surface area contributed by atoms with Gasteiger partial charge in [-0.1, -0.05) is 26.0 Å². The van der Waals surface area contributed by atoms with Crippen molar-refractivity contribution in [2.45, 2.75) is 26.7 Å². The van der Waals surface area contributed by atoms with Crippen LogP contribution >= 0.6 is 0 Å². The Hall–Kier alpha value is -1.32. The fourth-order valence-electron chi connectivity index (χ4n) is 2.12. The van der Waals surface area contributed by atoms with Gasteiger partial charge >= 0.3 is 11.9 Å². The molecule has 94 valence electrons. The van der Waals surface area contributed by atoms with Crippen LogP contribution in [0.15, 0.2) is 12.2 Å². The summed E-state index contributed by atoms with van der Waals surface area (Å²) in [5, 5.41) is 0. The van der Waals surface area contributed by atoms with Gasteiger partial charge in [-0.3, -0.25) is 9.59 Å². The molecule has 0 N–H and O–H groups in total. The average Bonchev–Trinajstić information content (AvgIpc) is 2.36. The maximum atomic E-state index is 11.9. The Morgan fingerprint density at radius 1 is 1.00 bits per heavy atom. The summed E-state index contributed by atoms with van der Waals surface area (Å²) >= 11 is 0. The molecular formula is C13H18O4. The van der Waals surface area contributed by atoms with Crippen LogP contribution in [0.2, 0.25) is 0 Å². The van der Waals surface area contributed by atoms with Crippen LogP contribution < -0.4 is 0 Å². The third-order valence-corrected chi connectivity index (χ3v) is 3.25. The molecular weight excluding hydrogens is 220 g/mol. The monoisotopic (exact) mass is 238 g/mol. The molecule has 2 aliphatic rings. The van der Waals surface area contributed by atoms with Crippen molar-refractivity contribution >= 4 is 11.9 Å². The fraction of sp³-hybridized carbons (Fsp3) is 0.692. The molecule has 1 saturated heterocycles. The van der Waals surface area contributed by atoms with E-state index in [0.29, 0.717) is 26.1 Å². The molecule has 1 aliphatic carbocycles. The minimum atomic E-state index is -0.374. The van der Waals surface area contributed by atoms with Crippen LogP contribution in [-0.4, -0.2) is 25.2 Å². The highest BCUT2D eigenvalue weighted by Crippen LogP contribution is 2.31. The minimum absolute atomic E-state index is 0.272. The second kappa shape index (κ2) is 4.51. The van der Waals surface area contributed by atoms with E-state index in [1.54, 1.807) is 0 Å². The van der Waals surface area contributed by atoms with Crippen LogP contribution in [0.5, 0.6) is 0 Å². The molecule has 0 aromatic carbocycles. The molecule has 17 heavy (non-hydrogen) atoms. The molecule has 0 spiro atoms. The van der Waals surface area contributed by atoms with Gasteiger partial charge in [0.2, 0.25) is 0 Å². The summed E-state index contributed by atoms with van der Waals surface area (Å²) in [6.45, 7) is 4.43. The maximum absolute atomic E-state index is 11.9. The van der Waals surface area contributed by atoms with Gasteiger partial charge < -0.3 is 9.47 Å². The zero-order chi connectivity index (χ0) is 12.5. The summed E-state index contributed by atoms with van der Waals surface area (Å²) in [4.78, 5) is 23.8. The number of allylic oxidation sites excluding steroid dienone is 2. The highest BCUT2D eigenvalue weighted by Gasteiger charge is 2.39. The van der Waals surface area contributed by atoms with Crippen molar-refractivity contribution in [2.75, 3.05) is 13.2 Å². The van der Waals surface area contributed by atoms with E-state index < -0.39 is 0 Å². The Morgan fingerprint density at radius 3 is 1.82 bits per heavy atom. The van der Waals surface area contributed by atoms with E-state index in [1.165, 1.54) is 0 Å². The molecule has 0 bridgehead atoms. The van der Waals surface area contributed by atoms with Crippen molar-refractivity contribution in [3.8, 4) is 0 Å². The number of carbonyl (C=O) groups is 2. The highest BCUT2D eigenvalue weighted by atomic mass is 16.6. The summed E-state index contributed by atoms with van der Waals surface area (Å²) < 4.78 is 10.6. The molecule has 1 fully saturated rings. The van der Waals surface area contributed by atoms with Crippen LogP contribution in [0.3, 0.4) is 0 Å². The third kappa shape index (κ3) is 2.68. The van der Waals surface area contributed by atoms with Crippen molar-refractivity contribution in [3.05, 3.63) is 12.2 Å². The highest BCUT2D eigenvalue weighted by molar-refractivity contribution is 5.83. The predicted molar refractivity (Wildman–Crippen MR) is 61.1 cm³/mol. The number of esters is 2. The van der Waals surface area contributed by atoms with Crippen molar-refractivity contribution < 1.29 is 19.1 Å². The second-order valence-electron chi connectivity index (χ2n) is 5.54. The number of fused-ring (bicyclic) bond motifs is 1. The first-order valence-electron chi connectivity index (χ1n) is 5.98. The number of ether oxygens (including phenoxy) is 2. The zero-order valence-corrected chi connectivity index (χ0v) is 10.3. The van der Waals surface area contributed by atoms with E-state index in [4.69, 9.17) is 9.47 Å². The molecule has 0 aromatic heterocycles. The van der Waals surface area contributed by atoms with Gasteiger partial charge in [-0.2, -0.15) is 0 Å². The first-order valence-corrected chi connectivity index (χ1v) is 5.98. The summed E-state index contributed by atoms with van der Waals surface area (Å²) in [5.74, 6) is -1.29. The summed E-state index contributed by atoms with van der Waals surface area (Å²) in [7, 11) is 0. The van der Waals surface area contributed by atoms with Gasteiger partial charge in [0.1, 0.15) is 0 Å². The first kappa shape index (κ1) is 12.1. The van der Waals surface area contributed by atoms with E-state index in [2.05, 4.69) is 0 Å². The number of cyclic esters (lactones) is 2. The predicted octanol–water partition coefficient (Wildman–Crippen LogP) is 1.70. The van der Waals surface area contributed by atoms with Gasteiger partial charge in [0, 0.05) is 5.41 Å². The lowest BCUT2D eigenvalue weighted by molar-refractivity contribution is -0.157. The molecule has 4 heteroatoms. The zero-order valence-electron chi connectivity index (χ0n) is 10.3. The normalized spacial score (nSPS) is 32.6. The minimum Gasteiger partial charge on any atom is -0.465 e. The summed E-state index contributed by atoms with van der Waals surface area (Å²) in [6.07, 6.45) is 5.00. The Bertz CT molecular complexity index is 324. The smallest absolute Gasteiger partial charge is 0.310 e. The number of hydrogen-bond donors (Lipinski definition) is 0. The maximum Gasteiger partial charge on any atom is 0.310 e. The molecule has 2 atom stereocenters. The number of rotatable bonds is 0. The lowest BCUT2D eigenvalue weighted by atomic mass is 9.83. The first-order chi connectivity index (χ1) is 7.99. The van der Waals surface area contributed by atoms with E-state index >= 15 is 0 Å². The van der Waals surface area contributed by atoms with Gasteiger partial charge in [0.05, 0.1) is 25.0 Å². The van der Waals surface area contributed by atoms with Crippen LogP contribution in [0.25, 0.3) is 0 Å². The summed E-state index contributed by atoms with van der Waals surface area (Å²) in [6, 6.07) is 0. The molecule has 4 nitrogen and oxygen atoms in total. The van der Waals surface area contributed by atoms with Crippen molar-refractivity contribution in [2.24, 2.45) is 17.3 Å². The topological polar surface area (TPSA) is 52.6 Å². The lowest BCUT2D eigenvalue weighted by Crippen LogP contribution is -2.32. The van der Waals surface area contributed by atoms with Crippen molar-refractivity contribution in [3.63, 3.8) is 0 Å². The van der Waals surface area contributed by atoms with Gasteiger partial charge in [-0.25, -0.2) is 0 Å². The van der Waals surface area contributed by atoms with Crippen molar-refractivity contribution in [1.82, 2.24) is 0 Å². The SMILES string of the molecule is CC1(C)COC(=O)[C@H]2CC=CC[C@@H]2C(=O)OC1. The van der Waals surface area contributed by atoms with Gasteiger partial charge in [0.25, 0.3) is 0 Å². The lowest BCUT2D eigenvalue weighted by Gasteiger charge is -2.23. The van der Waals surface area contributed by atoms with Gasteiger partial charge in [0.15, 0.2) is 0 Å². The Kier molecular flexibility index (Phi) is 3.22. The van der Waals surface area contributed by atoms with E-state index in [-0.39, 0.29) is 29.2 Å². The van der Waals surface area contributed by atoms with Crippen LogP contribution in [0.4, 0.5) is 0 Å². The molecule has 2 rings (SSSR count). The molecule has 0 amide bonds. The Labute approximate surface area is 101 Å². The van der Waals surface area contributed by atoms with Crippen LogP contribution in [0.1, 0.15) is 26.7 Å². The van der Waals surface area contributed by atoms with E-state index in [0.717, 1.165) is 0 Å². The van der Waals surface area contributed by atoms with E-state index in [9.17, 15) is 9.59 Å². The second-order valence-corrected chi connectivity index (χ2v) is 5.54. The number of carbonyl (C=O) groups excluding carboxylic acids is 2. The standard InChI is InChI=1S/C13H18O4/c1-13(2)7-16-11(14)9-5-3-4-6-10(9)12(15)17-8-13/h3-4,9-10H,5-8H2,1-2H3/t9-,10-/m0/s1. The quantitative estimate of drug-likeness (QED) is 0.476. The summed E-state index contributed by atoms with van der Waals surface area (Å²) in [5.41, 5.74) is -0.313. The Morgan fingerprint density at radius 2 is 1.41 bits per heavy atom. The Balaban J connectivity index is 2.21. The molecule has 1 aliphatic heterocycles. The van der Waals surface area contributed by atoms with Crippen LogP contribution in [-0.2, 0) is 19.1 Å². The van der Waals surface area contributed by atoms with Gasteiger partial charge in [-0.05, 0) is 12.8 Å². The van der Waals surface area contributed by atoms with Crippen LogP contribution in [0, 0.1) is 17.3 Å². The number of hydrogen-bond acceptors (Lipinski definition) is 4. The fourth-order valence-corrected chi connectivity index (χ4v) is 2.12. The third-order valence-electron chi connectivity index (χ3n) is 3.25. The molecule has 0 saturated carbocycles. The molecule has 0 radical (unpaired) electrons. The van der Waals surface area contributed by atoms with E-state index in [1.807, 2.05) is 26.0 Å². The molecule has 0 unspecified atom stereocenters. The van der Waals surface area contributed by atoms with Gasteiger partial charge in [-0.15, -0.1) is 0 Å². The molecule has 0 aromatic rings. The largest absolute Gasteiger partial charge is 0.465 e. The average molecular weight is 238 g/mol. The van der Waals surface area contributed by atoms with Crippen molar-refractivity contribution in [1.29, 1.82) is 0 Å².